The fourth-order valence-corrected chi connectivity index (χ4v) is 2.91. The molecule has 0 amide bonds. The van der Waals surface area contributed by atoms with Crippen molar-refractivity contribution in [3.63, 3.8) is 0 Å². The van der Waals surface area contributed by atoms with Gasteiger partial charge in [0.15, 0.2) is 6.29 Å². The van der Waals surface area contributed by atoms with Crippen LogP contribution in [-0.2, 0) is 20.8 Å². The van der Waals surface area contributed by atoms with Crippen LogP contribution in [0.25, 0.3) is 0 Å². The van der Waals surface area contributed by atoms with Crippen molar-refractivity contribution in [2.24, 2.45) is 0 Å². The number of rotatable bonds is 6. The van der Waals surface area contributed by atoms with Gasteiger partial charge >= 0.3 is 0 Å². The Morgan fingerprint density at radius 1 is 1.00 bits per heavy atom. The van der Waals surface area contributed by atoms with Crippen molar-refractivity contribution < 1.29 is 14.2 Å². The van der Waals surface area contributed by atoms with Crippen LogP contribution in [0.5, 0.6) is 0 Å². The third-order valence-electron chi connectivity index (χ3n) is 4.08. The summed E-state index contributed by atoms with van der Waals surface area (Å²) in [5, 5.41) is 0. The van der Waals surface area contributed by atoms with E-state index in [1.54, 1.807) is 0 Å². The van der Waals surface area contributed by atoms with Crippen LogP contribution in [0.15, 0.2) is 42.0 Å². The zero-order chi connectivity index (χ0) is 14.3. The third-order valence-corrected chi connectivity index (χ3v) is 4.08. The smallest absolute Gasteiger partial charge is 0.177 e. The molecule has 2 aliphatic rings. The molecule has 1 heterocycles. The molecule has 0 unspecified atom stereocenters. The van der Waals surface area contributed by atoms with Gasteiger partial charge in [-0.2, -0.15) is 0 Å². The standard InChI is InChI=1S/C18H24O3/c1-3-7-15(8-4-1)12-19-13-16-11-18(20-14-16)21-17-9-5-2-6-10-17/h1,3-4,7-8,11,17-18H,2,5-6,9-10,12-14H2/t18-/m0/s1. The van der Waals surface area contributed by atoms with E-state index in [-0.39, 0.29) is 6.29 Å². The summed E-state index contributed by atoms with van der Waals surface area (Å²) < 4.78 is 17.4. The summed E-state index contributed by atoms with van der Waals surface area (Å²) in [5.74, 6) is 0. The van der Waals surface area contributed by atoms with E-state index in [1.807, 2.05) is 18.2 Å². The molecule has 0 radical (unpaired) electrons. The molecule has 0 aromatic heterocycles. The monoisotopic (exact) mass is 288 g/mol. The molecule has 1 aromatic rings. The van der Waals surface area contributed by atoms with Crippen LogP contribution in [0, 0.1) is 0 Å². The molecule has 3 heteroatoms. The van der Waals surface area contributed by atoms with Gasteiger partial charge in [-0.15, -0.1) is 0 Å². The summed E-state index contributed by atoms with van der Waals surface area (Å²) >= 11 is 0. The predicted octanol–water partition coefficient (Wildman–Crippen LogP) is 3.84. The minimum Gasteiger partial charge on any atom is -0.372 e. The molecule has 1 aliphatic carbocycles. The lowest BCUT2D eigenvalue weighted by atomic mass is 9.98. The molecule has 1 aliphatic heterocycles. The first kappa shape index (κ1) is 14.8. The summed E-state index contributed by atoms with van der Waals surface area (Å²) in [6, 6.07) is 10.2. The van der Waals surface area contributed by atoms with Crippen molar-refractivity contribution in [3.8, 4) is 0 Å². The van der Waals surface area contributed by atoms with Crippen LogP contribution in [0.4, 0.5) is 0 Å². The quantitative estimate of drug-likeness (QED) is 0.744. The van der Waals surface area contributed by atoms with E-state index in [2.05, 4.69) is 18.2 Å². The molecule has 1 aromatic carbocycles. The lowest BCUT2D eigenvalue weighted by Crippen LogP contribution is -2.23. The Bertz CT molecular complexity index is 449. The number of hydrogen-bond donors (Lipinski definition) is 0. The number of hydrogen-bond acceptors (Lipinski definition) is 3. The second-order valence-corrected chi connectivity index (χ2v) is 5.88. The molecule has 0 saturated heterocycles. The molecule has 0 spiro atoms. The fourth-order valence-electron chi connectivity index (χ4n) is 2.91. The minimum atomic E-state index is -0.163. The van der Waals surface area contributed by atoms with E-state index >= 15 is 0 Å². The molecule has 3 nitrogen and oxygen atoms in total. The Morgan fingerprint density at radius 2 is 1.81 bits per heavy atom. The second-order valence-electron chi connectivity index (χ2n) is 5.88. The van der Waals surface area contributed by atoms with Crippen molar-refractivity contribution in [3.05, 3.63) is 47.5 Å². The minimum absolute atomic E-state index is 0.163. The van der Waals surface area contributed by atoms with Crippen LogP contribution in [0.2, 0.25) is 0 Å². The van der Waals surface area contributed by atoms with Gasteiger partial charge in [0.05, 0.1) is 25.9 Å². The summed E-state index contributed by atoms with van der Waals surface area (Å²) in [6.45, 7) is 1.90. The normalized spacial score (nSPS) is 23.2. The Labute approximate surface area is 126 Å². The van der Waals surface area contributed by atoms with Gasteiger partial charge in [0.25, 0.3) is 0 Å². The van der Waals surface area contributed by atoms with Crippen LogP contribution in [0.3, 0.4) is 0 Å². The van der Waals surface area contributed by atoms with Gasteiger partial charge in [-0.05, 0) is 30.1 Å². The van der Waals surface area contributed by atoms with Crippen molar-refractivity contribution in [2.45, 2.75) is 51.1 Å². The summed E-state index contributed by atoms with van der Waals surface area (Å²) in [7, 11) is 0. The van der Waals surface area contributed by atoms with Crippen molar-refractivity contribution in [2.75, 3.05) is 13.2 Å². The Morgan fingerprint density at radius 3 is 2.62 bits per heavy atom. The largest absolute Gasteiger partial charge is 0.372 e. The third kappa shape index (κ3) is 4.67. The van der Waals surface area contributed by atoms with E-state index in [1.165, 1.54) is 43.2 Å². The maximum absolute atomic E-state index is 5.99. The van der Waals surface area contributed by atoms with Gasteiger partial charge in [-0.3, -0.25) is 0 Å². The van der Waals surface area contributed by atoms with Gasteiger partial charge in [0.1, 0.15) is 0 Å². The highest BCUT2D eigenvalue weighted by Crippen LogP contribution is 2.24. The van der Waals surface area contributed by atoms with Crippen molar-refractivity contribution in [1.82, 2.24) is 0 Å². The molecular weight excluding hydrogens is 264 g/mol. The molecule has 1 atom stereocenters. The van der Waals surface area contributed by atoms with E-state index in [9.17, 15) is 0 Å². The summed E-state index contributed by atoms with van der Waals surface area (Å²) in [5.41, 5.74) is 2.39. The zero-order valence-corrected chi connectivity index (χ0v) is 12.5. The fraction of sp³-hybridized carbons (Fsp3) is 0.556. The van der Waals surface area contributed by atoms with Crippen LogP contribution in [-0.4, -0.2) is 25.6 Å². The lowest BCUT2D eigenvalue weighted by molar-refractivity contribution is -0.134. The first-order valence-electron chi connectivity index (χ1n) is 7.98. The molecule has 0 N–H and O–H groups in total. The Balaban J connectivity index is 1.39. The summed E-state index contributed by atoms with van der Waals surface area (Å²) in [4.78, 5) is 0. The number of ether oxygens (including phenoxy) is 3. The molecule has 114 valence electrons. The summed E-state index contributed by atoms with van der Waals surface area (Å²) in [6.07, 6.45) is 8.57. The molecule has 21 heavy (non-hydrogen) atoms. The van der Waals surface area contributed by atoms with E-state index in [0.29, 0.717) is 25.9 Å². The lowest BCUT2D eigenvalue weighted by Gasteiger charge is -2.24. The predicted molar refractivity (Wildman–Crippen MR) is 81.9 cm³/mol. The van der Waals surface area contributed by atoms with Crippen molar-refractivity contribution >= 4 is 0 Å². The number of benzene rings is 1. The second kappa shape index (κ2) is 7.74. The highest BCUT2D eigenvalue weighted by atomic mass is 16.7. The average Bonchev–Trinajstić information content (AvgIpc) is 2.97. The SMILES string of the molecule is C1=C(COCc2ccccc2)CO[C@H]1OC1CCCCC1. The topological polar surface area (TPSA) is 27.7 Å². The van der Waals surface area contributed by atoms with Crippen LogP contribution < -0.4 is 0 Å². The molecular formula is C18H24O3. The Hall–Kier alpha value is -1.16. The zero-order valence-electron chi connectivity index (χ0n) is 12.5. The van der Waals surface area contributed by atoms with Crippen molar-refractivity contribution in [1.29, 1.82) is 0 Å². The first-order chi connectivity index (χ1) is 10.4. The molecule has 1 saturated carbocycles. The van der Waals surface area contributed by atoms with E-state index < -0.39 is 0 Å². The van der Waals surface area contributed by atoms with Gasteiger partial charge in [-0.25, -0.2) is 0 Å². The highest BCUT2D eigenvalue weighted by Gasteiger charge is 2.22. The van der Waals surface area contributed by atoms with Crippen LogP contribution in [0.1, 0.15) is 37.7 Å². The first-order valence-corrected chi connectivity index (χ1v) is 7.98. The van der Waals surface area contributed by atoms with Gasteiger partial charge in [-0.1, -0.05) is 49.6 Å². The van der Waals surface area contributed by atoms with E-state index in [0.717, 1.165) is 0 Å². The Kier molecular flexibility index (Phi) is 5.44. The highest BCUT2D eigenvalue weighted by molar-refractivity contribution is 5.14. The van der Waals surface area contributed by atoms with Gasteiger partial charge in [0.2, 0.25) is 0 Å². The van der Waals surface area contributed by atoms with Gasteiger partial charge < -0.3 is 14.2 Å². The average molecular weight is 288 g/mol. The van der Waals surface area contributed by atoms with E-state index in [4.69, 9.17) is 14.2 Å². The maximum Gasteiger partial charge on any atom is 0.177 e. The molecule has 0 bridgehead atoms. The molecule has 3 rings (SSSR count). The van der Waals surface area contributed by atoms with Crippen LogP contribution >= 0.6 is 0 Å². The van der Waals surface area contributed by atoms with Gasteiger partial charge in [0, 0.05) is 0 Å². The molecule has 1 fully saturated rings. The maximum atomic E-state index is 5.99.